The van der Waals surface area contributed by atoms with Crippen molar-refractivity contribution >= 4 is 23.6 Å². The summed E-state index contributed by atoms with van der Waals surface area (Å²) in [5, 5.41) is 2.11. The second kappa shape index (κ2) is 4.56. The van der Waals surface area contributed by atoms with Crippen molar-refractivity contribution in [2.75, 3.05) is 0 Å². The van der Waals surface area contributed by atoms with Crippen LogP contribution in [0.2, 0.25) is 0 Å². The van der Waals surface area contributed by atoms with Crippen molar-refractivity contribution in [2.45, 2.75) is 13.0 Å². The van der Waals surface area contributed by atoms with Gasteiger partial charge in [-0.25, -0.2) is 0 Å². The standard InChI is InChI=1S/C14H12N2O4/c17-10-6-9-11(12(18)15-10)14(20)16(13(9)19)7-8-4-2-1-3-5-8/h1-5,9,11H,6-7H2,(H,15,17,18)/t9-,11-/m1/s1. The summed E-state index contributed by atoms with van der Waals surface area (Å²) in [6.45, 7) is 0.132. The van der Waals surface area contributed by atoms with Crippen LogP contribution in [-0.2, 0) is 25.7 Å². The molecule has 0 radical (unpaired) electrons. The third kappa shape index (κ3) is 1.89. The third-order valence-corrected chi connectivity index (χ3v) is 3.65. The van der Waals surface area contributed by atoms with Crippen molar-refractivity contribution in [2.24, 2.45) is 11.8 Å². The molecule has 1 N–H and O–H groups in total. The van der Waals surface area contributed by atoms with Crippen LogP contribution in [0.5, 0.6) is 0 Å². The van der Waals surface area contributed by atoms with Gasteiger partial charge in [-0.2, -0.15) is 0 Å². The Morgan fingerprint density at radius 3 is 2.45 bits per heavy atom. The van der Waals surface area contributed by atoms with Gasteiger partial charge in [0, 0.05) is 6.42 Å². The van der Waals surface area contributed by atoms with E-state index in [0.717, 1.165) is 10.5 Å². The Balaban J connectivity index is 1.87. The third-order valence-electron chi connectivity index (χ3n) is 3.65. The fourth-order valence-corrected chi connectivity index (χ4v) is 2.68. The number of carbonyl (C=O) groups is 4. The van der Waals surface area contributed by atoms with E-state index in [1.54, 1.807) is 12.1 Å². The Morgan fingerprint density at radius 1 is 1.05 bits per heavy atom. The van der Waals surface area contributed by atoms with E-state index >= 15 is 0 Å². The van der Waals surface area contributed by atoms with E-state index in [4.69, 9.17) is 0 Å². The van der Waals surface area contributed by atoms with Crippen LogP contribution >= 0.6 is 0 Å². The predicted molar refractivity (Wildman–Crippen MR) is 66.7 cm³/mol. The lowest BCUT2D eigenvalue weighted by atomic mass is 9.88. The Hall–Kier alpha value is -2.50. The van der Waals surface area contributed by atoms with Gasteiger partial charge in [-0.3, -0.25) is 29.4 Å². The maximum absolute atomic E-state index is 12.2. The van der Waals surface area contributed by atoms with E-state index < -0.39 is 35.5 Å². The zero-order valence-electron chi connectivity index (χ0n) is 10.5. The molecule has 1 aromatic rings. The average Bonchev–Trinajstić information content (AvgIpc) is 2.65. The SMILES string of the molecule is O=C1C[C@H]2C(=O)N(Cc3ccccc3)C(=O)[C@H]2C(=O)N1. The molecular weight excluding hydrogens is 260 g/mol. The molecule has 2 atom stereocenters. The molecule has 2 aliphatic rings. The van der Waals surface area contributed by atoms with E-state index in [0.29, 0.717) is 0 Å². The number of fused-ring (bicyclic) bond motifs is 1. The van der Waals surface area contributed by atoms with Crippen LogP contribution in [0.1, 0.15) is 12.0 Å². The summed E-state index contributed by atoms with van der Waals surface area (Å²) in [4.78, 5) is 48.5. The molecule has 0 unspecified atom stereocenters. The number of rotatable bonds is 2. The Labute approximate surface area is 114 Å². The first-order chi connectivity index (χ1) is 9.58. The highest BCUT2D eigenvalue weighted by molar-refractivity contribution is 6.20. The van der Waals surface area contributed by atoms with Crippen molar-refractivity contribution in [1.82, 2.24) is 10.2 Å². The predicted octanol–water partition coefficient (Wildman–Crippen LogP) is -0.166. The summed E-state index contributed by atoms with van der Waals surface area (Å²) >= 11 is 0. The van der Waals surface area contributed by atoms with Crippen molar-refractivity contribution in [1.29, 1.82) is 0 Å². The molecule has 2 saturated heterocycles. The molecule has 2 fully saturated rings. The molecule has 3 rings (SSSR count). The first-order valence-electron chi connectivity index (χ1n) is 6.31. The minimum Gasteiger partial charge on any atom is -0.296 e. The number of nitrogens with one attached hydrogen (secondary N) is 1. The van der Waals surface area contributed by atoms with Crippen LogP contribution in [0.25, 0.3) is 0 Å². The highest BCUT2D eigenvalue weighted by atomic mass is 16.2. The van der Waals surface area contributed by atoms with Crippen molar-refractivity contribution in [3.05, 3.63) is 35.9 Å². The number of amides is 4. The second-order valence-electron chi connectivity index (χ2n) is 4.95. The van der Waals surface area contributed by atoms with E-state index in [9.17, 15) is 19.2 Å². The van der Waals surface area contributed by atoms with Crippen molar-refractivity contribution < 1.29 is 19.2 Å². The number of piperidine rings is 1. The topological polar surface area (TPSA) is 83.6 Å². The molecule has 0 saturated carbocycles. The van der Waals surface area contributed by atoms with Gasteiger partial charge in [-0.1, -0.05) is 30.3 Å². The van der Waals surface area contributed by atoms with Gasteiger partial charge in [0.05, 0.1) is 12.5 Å². The van der Waals surface area contributed by atoms with Gasteiger partial charge in [0.1, 0.15) is 5.92 Å². The molecule has 6 nitrogen and oxygen atoms in total. The molecular formula is C14H12N2O4. The van der Waals surface area contributed by atoms with Crippen LogP contribution < -0.4 is 5.32 Å². The van der Waals surface area contributed by atoms with Crippen LogP contribution in [0, 0.1) is 11.8 Å². The lowest BCUT2D eigenvalue weighted by molar-refractivity contribution is -0.143. The van der Waals surface area contributed by atoms with E-state index in [-0.39, 0.29) is 13.0 Å². The summed E-state index contributed by atoms with van der Waals surface area (Å²) in [5.41, 5.74) is 0.805. The minimum absolute atomic E-state index is 0.105. The first-order valence-corrected chi connectivity index (χ1v) is 6.31. The van der Waals surface area contributed by atoms with Crippen LogP contribution in [0.15, 0.2) is 30.3 Å². The average molecular weight is 272 g/mol. The van der Waals surface area contributed by atoms with Crippen LogP contribution in [0.3, 0.4) is 0 Å². The van der Waals surface area contributed by atoms with Gasteiger partial charge in [-0.15, -0.1) is 0 Å². The number of nitrogens with zero attached hydrogens (tertiary/aromatic N) is 1. The molecule has 2 heterocycles. The molecule has 0 aromatic heterocycles. The zero-order valence-corrected chi connectivity index (χ0v) is 10.5. The quantitative estimate of drug-likeness (QED) is 0.598. The number of hydrogen-bond donors (Lipinski definition) is 1. The first kappa shape index (κ1) is 12.5. The number of imide groups is 2. The van der Waals surface area contributed by atoms with Crippen molar-refractivity contribution in [3.63, 3.8) is 0 Å². The molecule has 4 amide bonds. The summed E-state index contributed by atoms with van der Waals surface area (Å²) in [6, 6.07) is 9.05. The van der Waals surface area contributed by atoms with E-state index in [1.165, 1.54) is 0 Å². The summed E-state index contributed by atoms with van der Waals surface area (Å²) < 4.78 is 0. The smallest absolute Gasteiger partial charge is 0.242 e. The highest BCUT2D eigenvalue weighted by Gasteiger charge is 2.54. The number of carbonyl (C=O) groups excluding carboxylic acids is 4. The van der Waals surface area contributed by atoms with E-state index in [1.807, 2.05) is 18.2 Å². The molecule has 1 aromatic carbocycles. The van der Waals surface area contributed by atoms with Crippen LogP contribution in [-0.4, -0.2) is 28.5 Å². The van der Waals surface area contributed by atoms with Gasteiger partial charge >= 0.3 is 0 Å². The maximum Gasteiger partial charge on any atom is 0.242 e. The Kier molecular flexibility index (Phi) is 2.85. The summed E-state index contributed by atoms with van der Waals surface area (Å²) in [7, 11) is 0. The number of likely N-dealkylation sites (tertiary alicyclic amines) is 1. The van der Waals surface area contributed by atoms with Gasteiger partial charge < -0.3 is 0 Å². The van der Waals surface area contributed by atoms with Gasteiger partial charge in [0.15, 0.2) is 0 Å². The Bertz CT molecular complexity index is 611. The molecule has 0 aliphatic carbocycles. The summed E-state index contributed by atoms with van der Waals surface area (Å²) in [5.74, 6) is -4.02. The van der Waals surface area contributed by atoms with Gasteiger partial charge in [0.2, 0.25) is 23.6 Å². The zero-order chi connectivity index (χ0) is 14.3. The van der Waals surface area contributed by atoms with E-state index in [2.05, 4.69) is 5.32 Å². The highest BCUT2D eigenvalue weighted by Crippen LogP contribution is 2.32. The Morgan fingerprint density at radius 2 is 1.75 bits per heavy atom. The van der Waals surface area contributed by atoms with Gasteiger partial charge in [0.25, 0.3) is 0 Å². The number of benzene rings is 1. The largest absolute Gasteiger partial charge is 0.296 e. The van der Waals surface area contributed by atoms with Crippen LogP contribution in [0.4, 0.5) is 0 Å². The lowest BCUT2D eigenvalue weighted by Gasteiger charge is -2.19. The number of hydrogen-bond acceptors (Lipinski definition) is 4. The minimum atomic E-state index is -1.05. The maximum atomic E-state index is 12.2. The molecule has 0 bridgehead atoms. The molecule has 2 aliphatic heterocycles. The molecule has 0 spiro atoms. The second-order valence-corrected chi connectivity index (χ2v) is 4.95. The molecule has 102 valence electrons. The monoisotopic (exact) mass is 272 g/mol. The summed E-state index contributed by atoms with van der Waals surface area (Å²) in [6.07, 6.45) is -0.105. The van der Waals surface area contributed by atoms with Crippen molar-refractivity contribution in [3.8, 4) is 0 Å². The van der Waals surface area contributed by atoms with Gasteiger partial charge in [-0.05, 0) is 5.56 Å². The fraction of sp³-hybridized carbons (Fsp3) is 0.286. The lowest BCUT2D eigenvalue weighted by Crippen LogP contribution is -2.47. The normalized spacial score (nSPS) is 25.7. The molecule has 20 heavy (non-hydrogen) atoms. The molecule has 6 heteroatoms. The fourth-order valence-electron chi connectivity index (χ4n) is 2.68.